The second kappa shape index (κ2) is 8.34. The molecule has 0 saturated carbocycles. The van der Waals surface area contributed by atoms with E-state index in [0.717, 1.165) is 24.6 Å². The summed E-state index contributed by atoms with van der Waals surface area (Å²) in [6, 6.07) is 5.77. The average molecular weight is 398 g/mol. The van der Waals surface area contributed by atoms with Gasteiger partial charge in [0.15, 0.2) is 0 Å². The lowest BCUT2D eigenvalue weighted by Crippen LogP contribution is -2.58. The Labute approximate surface area is 170 Å². The van der Waals surface area contributed by atoms with E-state index in [0.29, 0.717) is 11.1 Å². The monoisotopic (exact) mass is 398 g/mol. The topological polar surface area (TPSA) is 94.0 Å². The molecule has 7 heteroatoms. The third kappa shape index (κ3) is 4.03. The van der Waals surface area contributed by atoms with Gasteiger partial charge in [-0.3, -0.25) is 9.59 Å². The van der Waals surface area contributed by atoms with Crippen LogP contribution in [0.4, 0.5) is 4.39 Å². The summed E-state index contributed by atoms with van der Waals surface area (Å²) < 4.78 is 14.3. The Bertz CT molecular complexity index is 905. The molecule has 3 rings (SSSR count). The smallest absolute Gasteiger partial charge is 0.248 e. The standard InChI is InChI=1S/C22H27FN4O2/c1-11-19(22(29)27-18-7-8-25-14(4)20(11)18)12(2)21(28)26-13(3)16-6-5-15(10-24)9-17(16)23/h5-6,9,12-14,18,20,25H,7-8H2,1-4H3,(H,26,28)(H,27,29)/t12-,13+,14?,18?,20?/m1/s1. The Kier molecular flexibility index (Phi) is 6.04. The molecule has 1 aromatic rings. The Morgan fingerprint density at radius 1 is 1.38 bits per heavy atom. The summed E-state index contributed by atoms with van der Waals surface area (Å²) in [7, 11) is 0. The van der Waals surface area contributed by atoms with Crippen molar-refractivity contribution in [2.75, 3.05) is 6.54 Å². The highest BCUT2D eigenvalue weighted by Crippen LogP contribution is 2.34. The number of nitrogens with zero attached hydrogens (tertiary/aromatic N) is 1. The van der Waals surface area contributed by atoms with E-state index in [9.17, 15) is 14.0 Å². The molecule has 0 aromatic heterocycles. The summed E-state index contributed by atoms with van der Waals surface area (Å²) in [6.45, 7) is 8.27. The van der Waals surface area contributed by atoms with Crippen LogP contribution in [0.5, 0.6) is 0 Å². The third-order valence-corrected chi connectivity index (χ3v) is 6.16. The van der Waals surface area contributed by atoms with Crippen molar-refractivity contribution >= 4 is 11.8 Å². The van der Waals surface area contributed by atoms with Gasteiger partial charge < -0.3 is 16.0 Å². The number of rotatable bonds is 4. The van der Waals surface area contributed by atoms with E-state index in [1.165, 1.54) is 12.1 Å². The van der Waals surface area contributed by atoms with E-state index in [1.54, 1.807) is 13.8 Å². The first-order valence-electron chi connectivity index (χ1n) is 9.99. The number of benzene rings is 1. The number of nitrogens with one attached hydrogen (secondary N) is 3. The third-order valence-electron chi connectivity index (χ3n) is 6.16. The van der Waals surface area contributed by atoms with Gasteiger partial charge in [0.25, 0.3) is 0 Å². The van der Waals surface area contributed by atoms with Gasteiger partial charge >= 0.3 is 0 Å². The molecule has 2 amide bonds. The average Bonchev–Trinajstić information content (AvgIpc) is 2.67. The number of halogens is 1. The summed E-state index contributed by atoms with van der Waals surface area (Å²) in [4.78, 5) is 25.6. The molecular formula is C22H27FN4O2. The fourth-order valence-electron chi connectivity index (χ4n) is 4.60. The minimum atomic E-state index is -0.658. The maximum absolute atomic E-state index is 14.3. The van der Waals surface area contributed by atoms with Gasteiger partial charge in [0.1, 0.15) is 5.82 Å². The number of carbonyl (C=O) groups excluding carboxylic acids is 2. The van der Waals surface area contributed by atoms with Crippen LogP contribution in [0.1, 0.15) is 51.3 Å². The minimum Gasteiger partial charge on any atom is -0.349 e. The zero-order valence-corrected chi connectivity index (χ0v) is 17.2. The highest BCUT2D eigenvalue weighted by atomic mass is 19.1. The Hall–Kier alpha value is -2.72. The van der Waals surface area contributed by atoms with Crippen molar-refractivity contribution < 1.29 is 14.0 Å². The molecule has 1 aromatic carbocycles. The van der Waals surface area contributed by atoms with Gasteiger partial charge in [0, 0.05) is 29.1 Å². The zero-order chi connectivity index (χ0) is 21.3. The Morgan fingerprint density at radius 2 is 2.10 bits per heavy atom. The number of nitriles is 1. The molecular weight excluding hydrogens is 371 g/mol. The summed E-state index contributed by atoms with van der Waals surface area (Å²) >= 11 is 0. The van der Waals surface area contributed by atoms with E-state index >= 15 is 0 Å². The van der Waals surface area contributed by atoms with Crippen LogP contribution in [-0.2, 0) is 9.59 Å². The molecule has 2 aliphatic heterocycles. The summed E-state index contributed by atoms with van der Waals surface area (Å²) in [5.74, 6) is -1.58. The Morgan fingerprint density at radius 3 is 2.76 bits per heavy atom. The lowest BCUT2D eigenvalue weighted by Gasteiger charge is -2.43. The minimum absolute atomic E-state index is 0.0874. The first-order valence-corrected chi connectivity index (χ1v) is 9.99. The molecule has 3 N–H and O–H groups in total. The van der Waals surface area contributed by atoms with Crippen molar-refractivity contribution in [3.8, 4) is 6.07 Å². The van der Waals surface area contributed by atoms with Crippen LogP contribution in [0.25, 0.3) is 0 Å². The largest absolute Gasteiger partial charge is 0.349 e. The fraction of sp³-hybridized carbons (Fsp3) is 0.500. The van der Waals surface area contributed by atoms with Gasteiger partial charge in [-0.2, -0.15) is 5.26 Å². The van der Waals surface area contributed by atoms with E-state index in [2.05, 4.69) is 22.9 Å². The first kappa shape index (κ1) is 21.0. The molecule has 1 saturated heterocycles. The van der Waals surface area contributed by atoms with Gasteiger partial charge in [0.2, 0.25) is 11.8 Å². The van der Waals surface area contributed by atoms with Crippen molar-refractivity contribution in [3.05, 3.63) is 46.3 Å². The molecule has 0 radical (unpaired) electrons. The molecule has 5 atom stereocenters. The number of amides is 2. The maximum atomic E-state index is 14.3. The summed E-state index contributed by atoms with van der Waals surface area (Å²) in [6.07, 6.45) is 0.862. The second-order valence-electron chi connectivity index (χ2n) is 8.03. The molecule has 0 bridgehead atoms. The first-order chi connectivity index (χ1) is 13.7. The number of hydrogen-bond donors (Lipinski definition) is 3. The molecule has 29 heavy (non-hydrogen) atoms. The van der Waals surface area contributed by atoms with Crippen LogP contribution in [0.3, 0.4) is 0 Å². The van der Waals surface area contributed by atoms with Crippen LogP contribution in [0.15, 0.2) is 29.3 Å². The lowest BCUT2D eigenvalue weighted by atomic mass is 9.75. The van der Waals surface area contributed by atoms with Crippen LogP contribution in [0, 0.1) is 29.0 Å². The van der Waals surface area contributed by atoms with Crippen LogP contribution < -0.4 is 16.0 Å². The van der Waals surface area contributed by atoms with Gasteiger partial charge in [-0.15, -0.1) is 0 Å². The molecule has 6 nitrogen and oxygen atoms in total. The predicted octanol–water partition coefficient (Wildman–Crippen LogP) is 2.32. The van der Waals surface area contributed by atoms with E-state index < -0.39 is 17.8 Å². The van der Waals surface area contributed by atoms with Crippen molar-refractivity contribution in [3.63, 3.8) is 0 Å². The number of hydrogen-bond acceptors (Lipinski definition) is 4. The van der Waals surface area contributed by atoms with Crippen molar-refractivity contribution in [1.82, 2.24) is 16.0 Å². The van der Waals surface area contributed by atoms with Crippen molar-refractivity contribution in [2.24, 2.45) is 11.8 Å². The van der Waals surface area contributed by atoms with Crippen molar-refractivity contribution in [1.29, 1.82) is 5.26 Å². The van der Waals surface area contributed by atoms with Gasteiger partial charge in [-0.05, 0) is 52.8 Å². The summed E-state index contributed by atoms with van der Waals surface area (Å²) in [5.41, 5.74) is 1.96. The molecule has 0 aliphatic carbocycles. The normalized spacial score (nSPS) is 26.1. The van der Waals surface area contributed by atoms with Gasteiger partial charge in [-0.1, -0.05) is 11.6 Å². The lowest BCUT2D eigenvalue weighted by molar-refractivity contribution is -0.127. The molecule has 2 aliphatic rings. The van der Waals surface area contributed by atoms with Crippen molar-refractivity contribution in [2.45, 2.75) is 52.2 Å². The highest BCUT2D eigenvalue weighted by molar-refractivity contribution is 6.01. The van der Waals surface area contributed by atoms with E-state index in [-0.39, 0.29) is 35.4 Å². The Balaban J connectivity index is 1.79. The molecule has 154 valence electrons. The molecule has 2 heterocycles. The van der Waals surface area contributed by atoms with Gasteiger partial charge in [-0.25, -0.2) is 4.39 Å². The predicted molar refractivity (Wildman–Crippen MR) is 107 cm³/mol. The molecule has 1 fully saturated rings. The van der Waals surface area contributed by atoms with Crippen LogP contribution in [0.2, 0.25) is 0 Å². The SMILES string of the molecule is CC1=C([C@@H](C)C(=O)N[C@@H](C)c2ccc(C#N)cc2F)C(=O)NC2CCNC(C)C12. The molecule has 3 unspecified atom stereocenters. The van der Waals surface area contributed by atoms with E-state index in [4.69, 9.17) is 5.26 Å². The van der Waals surface area contributed by atoms with E-state index in [1.807, 2.05) is 13.0 Å². The van der Waals surface area contributed by atoms with Crippen LogP contribution >= 0.6 is 0 Å². The second-order valence-corrected chi connectivity index (χ2v) is 8.03. The van der Waals surface area contributed by atoms with Crippen LogP contribution in [-0.4, -0.2) is 30.4 Å². The number of fused-ring (bicyclic) bond motifs is 1. The quantitative estimate of drug-likeness (QED) is 0.726. The number of carbonyl (C=O) groups is 2. The zero-order valence-electron chi connectivity index (χ0n) is 17.2. The highest BCUT2D eigenvalue weighted by Gasteiger charge is 2.41. The molecule has 0 spiro atoms. The maximum Gasteiger partial charge on any atom is 0.248 e. The fourth-order valence-corrected chi connectivity index (χ4v) is 4.60. The number of piperidine rings is 1. The summed E-state index contributed by atoms with van der Waals surface area (Å²) in [5, 5.41) is 18.2. The van der Waals surface area contributed by atoms with Gasteiger partial charge in [0.05, 0.1) is 23.6 Å².